The van der Waals surface area contributed by atoms with Crippen molar-refractivity contribution >= 4 is 44.7 Å². The molecule has 1 aromatic heterocycles. The van der Waals surface area contributed by atoms with Gasteiger partial charge in [0.15, 0.2) is 9.84 Å². The van der Waals surface area contributed by atoms with Crippen LogP contribution >= 0.6 is 11.3 Å². The molecule has 0 aliphatic carbocycles. The van der Waals surface area contributed by atoms with Gasteiger partial charge >= 0.3 is 5.97 Å². The number of anilines is 2. The van der Waals surface area contributed by atoms with Gasteiger partial charge in [-0.15, -0.1) is 11.3 Å². The highest BCUT2D eigenvalue weighted by Crippen LogP contribution is 2.33. The number of esters is 1. The van der Waals surface area contributed by atoms with Gasteiger partial charge in [-0.25, -0.2) is 13.2 Å². The van der Waals surface area contributed by atoms with Crippen molar-refractivity contribution in [2.75, 3.05) is 37.3 Å². The average Bonchev–Trinajstić information content (AvgIpc) is 3.06. The first-order valence-electron chi connectivity index (χ1n) is 8.29. The summed E-state index contributed by atoms with van der Waals surface area (Å²) in [4.78, 5) is 14.2. The lowest BCUT2D eigenvalue weighted by molar-refractivity contribution is 0.0607. The largest absolute Gasteiger partial charge is 0.465 e. The Kier molecular flexibility index (Phi) is 6.98. The van der Waals surface area contributed by atoms with Gasteiger partial charge in [0.2, 0.25) is 0 Å². The summed E-state index contributed by atoms with van der Waals surface area (Å²) in [5.41, 5.74) is 4.76. The van der Waals surface area contributed by atoms with Crippen molar-refractivity contribution in [3.8, 4) is 0 Å². The highest BCUT2D eigenvalue weighted by molar-refractivity contribution is 7.91. The lowest BCUT2D eigenvalue weighted by Gasteiger charge is -2.11. The molecule has 0 spiro atoms. The van der Waals surface area contributed by atoms with Gasteiger partial charge in [-0.05, 0) is 24.1 Å². The number of nitrogens with zero attached hydrogens (tertiary/aromatic N) is 2. The lowest BCUT2D eigenvalue weighted by Crippen LogP contribution is -2.09. The summed E-state index contributed by atoms with van der Waals surface area (Å²) >= 11 is 1.02. The highest BCUT2D eigenvalue weighted by Gasteiger charge is 2.26. The second-order valence-corrected chi connectivity index (χ2v) is 8.93. The first-order chi connectivity index (χ1) is 12.8. The Hall–Kier alpha value is -2.39. The van der Waals surface area contributed by atoms with E-state index in [1.54, 1.807) is 13.1 Å². The maximum Gasteiger partial charge on any atom is 0.350 e. The molecule has 2 aromatic rings. The molecule has 1 N–H and O–H groups in total. The number of carbonyl (C=O) groups excluding carboxylic acids is 1. The molecule has 1 aromatic carbocycles. The van der Waals surface area contributed by atoms with E-state index in [0.29, 0.717) is 6.42 Å². The number of hydrazone groups is 1. The fraction of sp³-hybridized carbons (Fsp3) is 0.333. The smallest absolute Gasteiger partial charge is 0.350 e. The van der Waals surface area contributed by atoms with E-state index in [1.807, 2.05) is 43.3 Å². The molecular formula is C18H23N3O4S2. The molecule has 0 aliphatic rings. The van der Waals surface area contributed by atoms with E-state index in [2.05, 4.69) is 10.5 Å². The third-order valence-corrected chi connectivity index (χ3v) is 6.78. The van der Waals surface area contributed by atoms with Gasteiger partial charge in [-0.2, -0.15) is 5.10 Å². The molecule has 0 saturated heterocycles. The van der Waals surface area contributed by atoms with Crippen LogP contribution in [0.15, 0.2) is 39.6 Å². The predicted octanol–water partition coefficient (Wildman–Crippen LogP) is 3.23. The minimum atomic E-state index is -3.51. The van der Waals surface area contributed by atoms with Crippen LogP contribution in [0.2, 0.25) is 0 Å². The van der Waals surface area contributed by atoms with E-state index in [9.17, 15) is 13.2 Å². The van der Waals surface area contributed by atoms with Crippen molar-refractivity contribution in [2.45, 2.75) is 18.2 Å². The zero-order chi connectivity index (χ0) is 20.0. The molecule has 0 aliphatic heterocycles. The van der Waals surface area contributed by atoms with Gasteiger partial charge in [0.1, 0.15) is 15.5 Å². The van der Waals surface area contributed by atoms with Crippen LogP contribution in [-0.2, 0) is 14.6 Å². The van der Waals surface area contributed by atoms with Crippen molar-refractivity contribution in [2.24, 2.45) is 5.10 Å². The molecule has 0 radical (unpaired) electrons. The highest BCUT2D eigenvalue weighted by atomic mass is 32.2. The Balaban J connectivity index is 2.30. The summed E-state index contributed by atoms with van der Waals surface area (Å²) < 4.78 is 29.7. The van der Waals surface area contributed by atoms with Crippen LogP contribution in [-0.4, -0.2) is 47.6 Å². The maximum absolute atomic E-state index is 12.5. The monoisotopic (exact) mass is 409 g/mol. The molecule has 0 bridgehead atoms. The summed E-state index contributed by atoms with van der Waals surface area (Å²) in [5, 5.41) is 5.56. The molecule has 1 heterocycles. The number of benzene rings is 1. The molecule has 146 valence electrons. The van der Waals surface area contributed by atoms with E-state index < -0.39 is 15.8 Å². The van der Waals surface area contributed by atoms with Crippen LogP contribution in [0.3, 0.4) is 0 Å². The van der Waals surface area contributed by atoms with Gasteiger partial charge in [0, 0.05) is 25.2 Å². The van der Waals surface area contributed by atoms with Gasteiger partial charge < -0.3 is 9.64 Å². The number of ether oxygens (including phenoxy) is 1. The third kappa shape index (κ3) is 5.08. The summed E-state index contributed by atoms with van der Waals surface area (Å²) in [6, 6.07) is 7.68. The Labute approximate surface area is 163 Å². The second kappa shape index (κ2) is 9.01. The van der Waals surface area contributed by atoms with Gasteiger partial charge in [0.25, 0.3) is 0 Å². The van der Waals surface area contributed by atoms with E-state index in [-0.39, 0.29) is 21.2 Å². The molecule has 0 unspecified atom stereocenters. The van der Waals surface area contributed by atoms with E-state index in [0.717, 1.165) is 22.6 Å². The van der Waals surface area contributed by atoms with E-state index in [1.165, 1.54) is 12.5 Å². The molecular weight excluding hydrogens is 386 g/mol. The van der Waals surface area contributed by atoms with Crippen molar-refractivity contribution in [3.05, 3.63) is 40.1 Å². The molecule has 9 heteroatoms. The van der Waals surface area contributed by atoms with Crippen molar-refractivity contribution < 1.29 is 17.9 Å². The number of sulfone groups is 1. The molecule has 0 atom stereocenters. The fourth-order valence-electron chi connectivity index (χ4n) is 2.33. The molecule has 7 nitrogen and oxygen atoms in total. The van der Waals surface area contributed by atoms with Crippen molar-refractivity contribution in [1.29, 1.82) is 0 Å². The van der Waals surface area contributed by atoms with Crippen LogP contribution in [0.5, 0.6) is 0 Å². The molecule has 0 fully saturated rings. The third-order valence-electron chi connectivity index (χ3n) is 3.74. The van der Waals surface area contributed by atoms with Crippen LogP contribution in [0, 0.1) is 0 Å². The Morgan fingerprint density at radius 3 is 2.52 bits per heavy atom. The summed E-state index contributed by atoms with van der Waals surface area (Å²) in [6.45, 7) is 1.79. The Morgan fingerprint density at radius 1 is 1.30 bits per heavy atom. The van der Waals surface area contributed by atoms with Crippen LogP contribution in [0.1, 0.15) is 28.6 Å². The Bertz CT molecular complexity index is 917. The number of hydrogen-bond acceptors (Lipinski definition) is 8. The fourth-order valence-corrected chi connectivity index (χ4v) is 5.14. The predicted molar refractivity (Wildman–Crippen MR) is 110 cm³/mol. The van der Waals surface area contributed by atoms with Crippen LogP contribution in [0.4, 0.5) is 11.4 Å². The standard InChI is InChI=1S/C18H23N3O4S2/c1-5-10-27(23,24)15-12-26-17(18(22)25-4)16(15)20-19-11-13-6-8-14(9-7-13)21(2)3/h6-9,11-12,20H,5,10H2,1-4H3/b19-11+. The minimum absolute atomic E-state index is 0.00522. The SMILES string of the molecule is CCCS(=O)(=O)c1csc(C(=O)OC)c1N/N=C/c1ccc(N(C)C)cc1. The lowest BCUT2D eigenvalue weighted by atomic mass is 10.2. The maximum atomic E-state index is 12.5. The van der Waals surface area contributed by atoms with Gasteiger partial charge in [0.05, 0.1) is 19.1 Å². The van der Waals surface area contributed by atoms with E-state index >= 15 is 0 Å². The van der Waals surface area contributed by atoms with Gasteiger partial charge in [-0.3, -0.25) is 5.43 Å². The zero-order valence-corrected chi connectivity index (χ0v) is 17.4. The van der Waals surface area contributed by atoms with Crippen LogP contribution in [0.25, 0.3) is 0 Å². The second-order valence-electron chi connectivity index (χ2n) is 5.97. The number of hydrogen-bond donors (Lipinski definition) is 1. The zero-order valence-electron chi connectivity index (χ0n) is 15.7. The summed E-state index contributed by atoms with van der Waals surface area (Å²) in [5.74, 6) is -0.611. The molecule has 27 heavy (non-hydrogen) atoms. The van der Waals surface area contributed by atoms with E-state index in [4.69, 9.17) is 4.74 Å². The number of carbonyl (C=O) groups is 1. The normalized spacial score (nSPS) is 11.6. The van der Waals surface area contributed by atoms with Gasteiger partial charge in [-0.1, -0.05) is 19.1 Å². The van der Waals surface area contributed by atoms with Crippen molar-refractivity contribution in [3.63, 3.8) is 0 Å². The number of nitrogens with one attached hydrogen (secondary N) is 1. The molecule has 2 rings (SSSR count). The minimum Gasteiger partial charge on any atom is -0.465 e. The first-order valence-corrected chi connectivity index (χ1v) is 10.8. The average molecular weight is 410 g/mol. The summed E-state index contributed by atoms with van der Waals surface area (Å²) in [7, 11) is 1.64. The molecule has 0 amide bonds. The topological polar surface area (TPSA) is 88.1 Å². The quantitative estimate of drug-likeness (QED) is 0.409. The van der Waals surface area contributed by atoms with Crippen molar-refractivity contribution in [1.82, 2.24) is 0 Å². The van der Waals surface area contributed by atoms with Crippen LogP contribution < -0.4 is 10.3 Å². The number of thiophene rings is 1. The Morgan fingerprint density at radius 2 is 1.96 bits per heavy atom. The first kappa shape index (κ1) is 20.9. The number of methoxy groups -OCH3 is 1. The number of rotatable bonds is 8. The summed E-state index contributed by atoms with van der Waals surface area (Å²) in [6.07, 6.45) is 2.04. The molecule has 0 saturated carbocycles.